The van der Waals surface area contributed by atoms with Crippen molar-refractivity contribution in [2.45, 2.75) is 17.9 Å². The van der Waals surface area contributed by atoms with E-state index in [0.717, 1.165) is 25.4 Å². The van der Waals surface area contributed by atoms with Gasteiger partial charge in [-0.1, -0.05) is 0 Å². The van der Waals surface area contributed by atoms with Crippen molar-refractivity contribution < 1.29 is 13.3 Å². The third-order valence-corrected chi connectivity index (χ3v) is 4.49. The van der Waals surface area contributed by atoms with Crippen LogP contribution < -0.4 is 10.2 Å². The lowest BCUT2D eigenvalue weighted by atomic mass is 10.1. The summed E-state index contributed by atoms with van der Waals surface area (Å²) < 4.78 is 23.0. The Bertz CT molecular complexity index is 630. The van der Waals surface area contributed by atoms with E-state index in [0.29, 0.717) is 12.2 Å². The standard InChI is InChI=1S/C12H17N3O4S/c1-9-8-13-5-6-14(9)11-4-3-10(20(2,18)19)7-12(11)15(16)17/h3-4,7,9,13H,5-6,8H2,1-2H3. The van der Waals surface area contributed by atoms with Gasteiger partial charge in [0.1, 0.15) is 5.69 Å². The van der Waals surface area contributed by atoms with E-state index >= 15 is 0 Å². The second-order valence-corrected chi connectivity index (χ2v) is 6.94. The second kappa shape index (κ2) is 5.37. The third-order valence-electron chi connectivity index (χ3n) is 3.38. The minimum atomic E-state index is -3.46. The summed E-state index contributed by atoms with van der Waals surface area (Å²) in [5.74, 6) is 0. The zero-order chi connectivity index (χ0) is 14.9. The Morgan fingerprint density at radius 3 is 2.70 bits per heavy atom. The summed E-state index contributed by atoms with van der Waals surface area (Å²) in [7, 11) is -3.46. The number of hydrogen-bond acceptors (Lipinski definition) is 6. The number of anilines is 1. The molecule has 20 heavy (non-hydrogen) atoms. The van der Waals surface area contributed by atoms with Gasteiger partial charge in [-0.15, -0.1) is 0 Å². The first kappa shape index (κ1) is 14.7. The van der Waals surface area contributed by atoms with Crippen LogP contribution >= 0.6 is 0 Å². The topological polar surface area (TPSA) is 92.6 Å². The number of benzene rings is 1. The number of sulfone groups is 1. The number of piperazine rings is 1. The molecule has 1 heterocycles. The molecule has 2 rings (SSSR count). The zero-order valence-electron chi connectivity index (χ0n) is 11.4. The number of nitrogens with zero attached hydrogens (tertiary/aromatic N) is 2. The summed E-state index contributed by atoms with van der Waals surface area (Å²) in [6.45, 7) is 4.11. The molecule has 0 bridgehead atoms. The third kappa shape index (κ3) is 2.91. The van der Waals surface area contributed by atoms with Gasteiger partial charge in [0.05, 0.1) is 9.82 Å². The van der Waals surface area contributed by atoms with Crippen molar-refractivity contribution in [3.8, 4) is 0 Å². The van der Waals surface area contributed by atoms with E-state index in [9.17, 15) is 18.5 Å². The summed E-state index contributed by atoms with van der Waals surface area (Å²) in [6, 6.07) is 4.20. The number of rotatable bonds is 3. The molecule has 1 saturated heterocycles. The van der Waals surface area contributed by atoms with Gasteiger partial charge < -0.3 is 10.2 Å². The van der Waals surface area contributed by atoms with Crippen LogP contribution in [0.15, 0.2) is 23.1 Å². The molecule has 1 aromatic carbocycles. The van der Waals surface area contributed by atoms with E-state index < -0.39 is 14.8 Å². The van der Waals surface area contributed by atoms with E-state index in [1.54, 1.807) is 0 Å². The van der Waals surface area contributed by atoms with Crippen LogP contribution in [-0.2, 0) is 9.84 Å². The first-order chi connectivity index (χ1) is 9.30. The van der Waals surface area contributed by atoms with Crippen molar-refractivity contribution in [2.24, 2.45) is 0 Å². The molecule has 1 aliphatic heterocycles. The Balaban J connectivity index is 2.50. The number of hydrogen-bond donors (Lipinski definition) is 1. The van der Waals surface area contributed by atoms with Gasteiger partial charge in [0.2, 0.25) is 0 Å². The molecule has 1 aliphatic rings. The van der Waals surface area contributed by atoms with Gasteiger partial charge in [0.25, 0.3) is 5.69 Å². The highest BCUT2D eigenvalue weighted by Crippen LogP contribution is 2.32. The summed E-state index contributed by atoms with van der Waals surface area (Å²) in [5.41, 5.74) is 0.304. The Kier molecular flexibility index (Phi) is 3.96. The Morgan fingerprint density at radius 1 is 1.45 bits per heavy atom. The van der Waals surface area contributed by atoms with Gasteiger partial charge in [-0.25, -0.2) is 8.42 Å². The zero-order valence-corrected chi connectivity index (χ0v) is 12.2. The van der Waals surface area contributed by atoms with Crippen LogP contribution in [0.25, 0.3) is 0 Å². The highest BCUT2D eigenvalue weighted by atomic mass is 32.2. The molecular weight excluding hydrogens is 282 g/mol. The van der Waals surface area contributed by atoms with Crippen LogP contribution in [0.5, 0.6) is 0 Å². The molecule has 8 heteroatoms. The Hall–Kier alpha value is -1.67. The van der Waals surface area contributed by atoms with Crippen molar-refractivity contribution >= 4 is 21.2 Å². The lowest BCUT2D eigenvalue weighted by Crippen LogP contribution is -2.50. The number of nitro groups is 1. The molecule has 0 aliphatic carbocycles. The molecular formula is C12H17N3O4S. The van der Waals surface area contributed by atoms with Gasteiger partial charge in [-0.05, 0) is 19.1 Å². The molecule has 1 aromatic rings. The maximum Gasteiger partial charge on any atom is 0.293 e. The van der Waals surface area contributed by atoms with Crippen molar-refractivity contribution in [3.63, 3.8) is 0 Å². The highest BCUT2D eigenvalue weighted by molar-refractivity contribution is 7.90. The van der Waals surface area contributed by atoms with E-state index in [1.165, 1.54) is 12.1 Å². The molecule has 1 fully saturated rings. The molecule has 110 valence electrons. The lowest BCUT2D eigenvalue weighted by molar-refractivity contribution is -0.384. The quantitative estimate of drug-likeness (QED) is 0.655. The summed E-state index contributed by atoms with van der Waals surface area (Å²) in [6.07, 6.45) is 1.04. The average molecular weight is 299 g/mol. The Morgan fingerprint density at radius 2 is 2.15 bits per heavy atom. The second-order valence-electron chi connectivity index (χ2n) is 4.93. The van der Waals surface area contributed by atoms with Crippen LogP contribution in [0.4, 0.5) is 11.4 Å². The van der Waals surface area contributed by atoms with Crippen LogP contribution in [0.2, 0.25) is 0 Å². The van der Waals surface area contributed by atoms with E-state index in [-0.39, 0.29) is 16.6 Å². The first-order valence-electron chi connectivity index (χ1n) is 6.26. The van der Waals surface area contributed by atoms with Crippen molar-refractivity contribution in [3.05, 3.63) is 28.3 Å². The average Bonchev–Trinajstić information content (AvgIpc) is 2.37. The lowest BCUT2D eigenvalue weighted by Gasteiger charge is -2.35. The monoisotopic (exact) mass is 299 g/mol. The predicted molar refractivity (Wildman–Crippen MR) is 75.9 cm³/mol. The Labute approximate surface area is 117 Å². The van der Waals surface area contributed by atoms with E-state index in [4.69, 9.17) is 0 Å². The van der Waals surface area contributed by atoms with Crippen LogP contribution in [0, 0.1) is 10.1 Å². The van der Waals surface area contributed by atoms with Gasteiger partial charge in [0.15, 0.2) is 9.84 Å². The molecule has 1 atom stereocenters. The highest BCUT2D eigenvalue weighted by Gasteiger charge is 2.26. The molecule has 1 unspecified atom stereocenters. The minimum Gasteiger partial charge on any atom is -0.361 e. The van der Waals surface area contributed by atoms with Crippen molar-refractivity contribution in [1.29, 1.82) is 0 Å². The van der Waals surface area contributed by atoms with E-state index in [2.05, 4.69) is 5.32 Å². The molecule has 1 N–H and O–H groups in total. The molecule has 0 radical (unpaired) electrons. The number of nitrogens with one attached hydrogen (secondary N) is 1. The summed E-state index contributed by atoms with van der Waals surface area (Å²) in [4.78, 5) is 12.6. The first-order valence-corrected chi connectivity index (χ1v) is 8.15. The van der Waals surface area contributed by atoms with Crippen LogP contribution in [0.1, 0.15) is 6.92 Å². The predicted octanol–water partition coefficient (Wildman–Crippen LogP) is 0.796. The van der Waals surface area contributed by atoms with Crippen molar-refractivity contribution in [2.75, 3.05) is 30.8 Å². The van der Waals surface area contributed by atoms with Crippen LogP contribution in [0.3, 0.4) is 0 Å². The summed E-state index contributed by atoms with van der Waals surface area (Å²) in [5, 5.41) is 14.4. The largest absolute Gasteiger partial charge is 0.361 e. The molecule has 0 spiro atoms. The maximum absolute atomic E-state index is 11.5. The van der Waals surface area contributed by atoms with Gasteiger partial charge in [-0.3, -0.25) is 10.1 Å². The fraction of sp³-hybridized carbons (Fsp3) is 0.500. The normalized spacial score (nSPS) is 19.9. The van der Waals surface area contributed by atoms with Crippen molar-refractivity contribution in [1.82, 2.24) is 5.32 Å². The minimum absolute atomic E-state index is 0.0317. The van der Waals surface area contributed by atoms with E-state index in [1.807, 2.05) is 11.8 Å². The molecule has 0 aromatic heterocycles. The molecule has 0 saturated carbocycles. The molecule has 7 nitrogen and oxygen atoms in total. The maximum atomic E-state index is 11.5. The van der Waals surface area contributed by atoms with Gasteiger partial charge in [-0.2, -0.15) is 0 Å². The number of nitro benzene ring substituents is 1. The smallest absolute Gasteiger partial charge is 0.293 e. The summed E-state index contributed by atoms with van der Waals surface area (Å²) >= 11 is 0. The van der Waals surface area contributed by atoms with Crippen LogP contribution in [-0.4, -0.2) is 45.3 Å². The fourth-order valence-corrected chi connectivity index (χ4v) is 2.96. The van der Waals surface area contributed by atoms with Gasteiger partial charge >= 0.3 is 0 Å². The SMILES string of the molecule is CC1CNCCN1c1ccc(S(C)(=O)=O)cc1[N+](=O)[O-]. The molecule has 0 amide bonds. The fourth-order valence-electron chi connectivity index (χ4n) is 2.32. The van der Waals surface area contributed by atoms with Gasteiger partial charge in [0, 0.05) is 38.0 Å².